The molecule has 2 unspecified atom stereocenters. The van der Waals surface area contributed by atoms with Gasteiger partial charge in [0.15, 0.2) is 6.10 Å². The van der Waals surface area contributed by atoms with Gasteiger partial charge in [-0.05, 0) is 38.5 Å². The second-order valence-corrected chi connectivity index (χ2v) is 20.4. The second-order valence-electron chi connectivity index (χ2n) is 18.9. The first kappa shape index (κ1) is 62.7. The van der Waals surface area contributed by atoms with Crippen molar-refractivity contribution in [2.75, 3.05) is 47.5 Å². The first-order chi connectivity index (χ1) is 31.5. The number of carbonyl (C=O) groups excluding carboxylic acids is 2. The Labute approximate surface area is 400 Å². The zero-order valence-corrected chi connectivity index (χ0v) is 43.6. The Morgan fingerprint density at radius 3 is 1.25 bits per heavy atom. The van der Waals surface area contributed by atoms with Gasteiger partial charge in [0, 0.05) is 6.42 Å². The number of ether oxygens (including phenoxy) is 2. The van der Waals surface area contributed by atoms with E-state index in [9.17, 15) is 19.0 Å². The molecule has 0 fully saturated rings. The van der Waals surface area contributed by atoms with Crippen molar-refractivity contribution >= 4 is 19.8 Å². The van der Waals surface area contributed by atoms with Gasteiger partial charge in [0.25, 0.3) is 0 Å². The van der Waals surface area contributed by atoms with E-state index in [0.29, 0.717) is 17.4 Å². The highest BCUT2D eigenvalue weighted by atomic mass is 31.2. The highest BCUT2D eigenvalue weighted by Crippen LogP contribution is 2.43. The summed E-state index contributed by atoms with van der Waals surface area (Å²) in [6.45, 7) is 4.22. The molecule has 0 radical (unpaired) electrons. The molecule has 0 aliphatic carbocycles. The van der Waals surface area contributed by atoms with E-state index in [4.69, 9.17) is 18.5 Å². The number of quaternary nitrogens is 1. The number of carbonyl (C=O) groups is 2. The summed E-state index contributed by atoms with van der Waals surface area (Å²) in [6, 6.07) is 0. The number of esters is 2. The molecule has 10 heteroatoms. The first-order valence-corrected chi connectivity index (χ1v) is 28.0. The average molecular weight is 935 g/mol. The van der Waals surface area contributed by atoms with E-state index < -0.39 is 26.5 Å². The predicted molar refractivity (Wildman–Crippen MR) is 275 cm³/mol. The lowest BCUT2D eigenvalue weighted by molar-refractivity contribution is -0.870. The Balaban J connectivity index is 4.19. The van der Waals surface area contributed by atoms with E-state index in [1.54, 1.807) is 6.08 Å². The van der Waals surface area contributed by atoms with Crippen LogP contribution in [0.5, 0.6) is 0 Å². The van der Waals surface area contributed by atoms with Crippen LogP contribution in [0.4, 0.5) is 0 Å². The van der Waals surface area contributed by atoms with Gasteiger partial charge in [0.1, 0.15) is 19.8 Å². The van der Waals surface area contributed by atoms with Gasteiger partial charge >= 0.3 is 19.8 Å². The van der Waals surface area contributed by atoms with E-state index in [2.05, 4.69) is 56.4 Å². The molecule has 0 saturated carbocycles. The van der Waals surface area contributed by atoms with Crippen molar-refractivity contribution in [3.05, 3.63) is 60.8 Å². The largest absolute Gasteiger partial charge is 0.472 e. The molecule has 0 aromatic rings. The third kappa shape index (κ3) is 51.0. The molecule has 9 nitrogen and oxygen atoms in total. The number of unbranched alkanes of at least 4 members (excludes halogenated alkanes) is 25. The number of likely N-dealkylation sites (N-methyl/N-ethyl adjacent to an activating group) is 1. The molecule has 0 bridgehead atoms. The van der Waals surface area contributed by atoms with Gasteiger partial charge in [0.05, 0.1) is 34.2 Å². The maximum Gasteiger partial charge on any atom is 0.472 e. The van der Waals surface area contributed by atoms with E-state index >= 15 is 0 Å². The van der Waals surface area contributed by atoms with Crippen molar-refractivity contribution in [2.45, 2.75) is 232 Å². The molecular weight excluding hydrogens is 834 g/mol. The Bertz CT molecular complexity index is 1290. The van der Waals surface area contributed by atoms with Crippen molar-refractivity contribution in [3.8, 4) is 0 Å². The normalized spacial score (nSPS) is 13.9. The number of hydrogen-bond donors (Lipinski definition) is 1. The highest BCUT2D eigenvalue weighted by Gasteiger charge is 2.27. The molecule has 0 amide bonds. The van der Waals surface area contributed by atoms with Crippen LogP contribution in [-0.2, 0) is 32.7 Å². The molecule has 0 aromatic heterocycles. The van der Waals surface area contributed by atoms with Crippen LogP contribution in [0.2, 0.25) is 0 Å². The number of nitrogens with zero attached hydrogens (tertiary/aromatic N) is 1. The quantitative estimate of drug-likeness (QED) is 0.0211. The van der Waals surface area contributed by atoms with Crippen LogP contribution < -0.4 is 0 Å². The summed E-state index contributed by atoms with van der Waals surface area (Å²) >= 11 is 0. The molecule has 0 aromatic carbocycles. The predicted octanol–water partition coefficient (Wildman–Crippen LogP) is 16.0. The molecule has 0 aliphatic rings. The summed E-state index contributed by atoms with van der Waals surface area (Å²) in [4.78, 5) is 35.4. The lowest BCUT2D eigenvalue weighted by Crippen LogP contribution is -2.37. The molecule has 65 heavy (non-hydrogen) atoms. The number of phosphoric acid groups is 1. The molecule has 378 valence electrons. The number of phosphoric ester groups is 1. The van der Waals surface area contributed by atoms with E-state index in [1.165, 1.54) is 148 Å². The van der Waals surface area contributed by atoms with Gasteiger partial charge in [-0.2, -0.15) is 0 Å². The topological polar surface area (TPSA) is 108 Å². The van der Waals surface area contributed by atoms with Crippen LogP contribution >= 0.6 is 7.82 Å². The van der Waals surface area contributed by atoms with E-state index in [-0.39, 0.29) is 32.0 Å². The fourth-order valence-electron chi connectivity index (χ4n) is 7.27. The van der Waals surface area contributed by atoms with Crippen molar-refractivity contribution in [3.63, 3.8) is 0 Å². The number of hydrogen-bond acceptors (Lipinski definition) is 7. The summed E-state index contributed by atoms with van der Waals surface area (Å²) < 4.78 is 34.3. The minimum absolute atomic E-state index is 0.00828. The monoisotopic (exact) mass is 935 g/mol. The summed E-state index contributed by atoms with van der Waals surface area (Å²) in [5.74, 6) is -0.940. The van der Waals surface area contributed by atoms with E-state index in [1.807, 2.05) is 33.3 Å². The van der Waals surface area contributed by atoms with Crippen molar-refractivity contribution in [1.82, 2.24) is 0 Å². The standard InChI is InChI=1S/C55H100NO8P/c1-6-8-10-12-14-16-18-20-22-23-24-25-26-27-28-29-30-31-32-34-35-37-39-41-43-45-47-54(57)61-51-53(52-63-65(59,60)62-50-49-56(3,4)5)64-55(58)48-46-44-42-40-38-36-33-21-19-17-15-13-11-9-7-2/h9,11,15,17,21,33,38,40,44,46,53H,6-8,10,12-14,16,18-20,22-32,34-37,39,41-43,45,47-52H2,1-5H3/p+1/b11-9-,17-15-,33-21-,40-38-,46-44-. The molecule has 1 N–H and O–H groups in total. The van der Waals surface area contributed by atoms with Crippen molar-refractivity contribution in [1.29, 1.82) is 0 Å². The summed E-state index contributed by atoms with van der Waals surface area (Å²) in [5, 5.41) is 0. The van der Waals surface area contributed by atoms with Crippen molar-refractivity contribution in [2.24, 2.45) is 0 Å². The molecule has 0 spiro atoms. The van der Waals surface area contributed by atoms with Crippen molar-refractivity contribution < 1.29 is 42.1 Å². The van der Waals surface area contributed by atoms with Crippen LogP contribution in [-0.4, -0.2) is 74.9 Å². The minimum Gasteiger partial charge on any atom is -0.462 e. The fraction of sp³-hybridized carbons (Fsp3) is 0.782. The van der Waals surface area contributed by atoms with Crippen LogP contribution in [0.15, 0.2) is 60.8 Å². The summed E-state index contributed by atoms with van der Waals surface area (Å²) in [5.41, 5.74) is 0. The molecular formula is C55H101NO8P+. The van der Waals surface area contributed by atoms with Crippen LogP contribution in [0.3, 0.4) is 0 Å². The maximum absolute atomic E-state index is 12.7. The molecule has 2 atom stereocenters. The average Bonchev–Trinajstić information content (AvgIpc) is 3.26. The molecule has 0 heterocycles. The van der Waals surface area contributed by atoms with Crippen LogP contribution in [0, 0.1) is 0 Å². The Hall–Kier alpha value is -2.29. The lowest BCUT2D eigenvalue weighted by Gasteiger charge is -2.24. The number of allylic oxidation sites excluding steroid dienone is 9. The molecule has 0 aliphatic heterocycles. The minimum atomic E-state index is -4.41. The highest BCUT2D eigenvalue weighted by molar-refractivity contribution is 7.47. The zero-order valence-electron chi connectivity index (χ0n) is 42.7. The summed E-state index contributed by atoms with van der Waals surface area (Å²) in [7, 11) is 1.42. The van der Waals surface area contributed by atoms with E-state index in [0.717, 1.165) is 44.9 Å². The van der Waals surface area contributed by atoms with Gasteiger partial charge in [-0.3, -0.25) is 18.6 Å². The fourth-order valence-corrected chi connectivity index (χ4v) is 8.01. The Morgan fingerprint density at radius 2 is 0.862 bits per heavy atom. The van der Waals surface area contributed by atoms with Gasteiger partial charge in [-0.15, -0.1) is 0 Å². The molecule has 0 saturated heterocycles. The summed E-state index contributed by atoms with van der Waals surface area (Å²) in [6.07, 6.45) is 59.0. The first-order valence-electron chi connectivity index (χ1n) is 26.5. The van der Waals surface area contributed by atoms with Gasteiger partial charge in [-0.25, -0.2) is 4.57 Å². The smallest absolute Gasteiger partial charge is 0.462 e. The second kappa shape index (κ2) is 46.8. The maximum atomic E-state index is 12.7. The zero-order chi connectivity index (χ0) is 47.8. The van der Waals surface area contributed by atoms with Crippen LogP contribution in [0.1, 0.15) is 226 Å². The third-order valence-electron chi connectivity index (χ3n) is 11.3. The van der Waals surface area contributed by atoms with Gasteiger partial charge in [-0.1, -0.05) is 235 Å². The lowest BCUT2D eigenvalue weighted by atomic mass is 10.0. The Kier molecular flexibility index (Phi) is 45.2. The molecule has 0 rings (SSSR count). The van der Waals surface area contributed by atoms with Crippen LogP contribution in [0.25, 0.3) is 0 Å². The SMILES string of the molecule is CC/C=C\C/C=C\C/C=C\C/C=C\C/C=C\CC(=O)OC(COC(=O)CCCCCCCCCCCCCCCCCCCCCCCCCCCC)COP(=O)(O)OCC[N+](C)(C)C. The van der Waals surface area contributed by atoms with Gasteiger partial charge in [0.2, 0.25) is 0 Å². The number of rotatable bonds is 48. The van der Waals surface area contributed by atoms with Gasteiger partial charge < -0.3 is 18.9 Å². The third-order valence-corrected chi connectivity index (χ3v) is 12.3. The Morgan fingerprint density at radius 1 is 0.492 bits per heavy atom.